The molecule has 1 aromatic heterocycles. The Kier molecular flexibility index (Phi) is 5.22. The van der Waals surface area contributed by atoms with Crippen LogP contribution in [0.5, 0.6) is 5.75 Å². The molecule has 1 heterocycles. The monoisotopic (exact) mass is 350 g/mol. The zero-order valence-electron chi connectivity index (χ0n) is 13.9. The van der Waals surface area contributed by atoms with Gasteiger partial charge >= 0.3 is 5.69 Å². The fourth-order valence-corrected chi connectivity index (χ4v) is 2.67. The van der Waals surface area contributed by atoms with E-state index in [2.05, 4.69) is 0 Å². The lowest BCUT2D eigenvalue weighted by atomic mass is 9.92. The van der Waals surface area contributed by atoms with Gasteiger partial charge in [-0.1, -0.05) is 12.1 Å². The molecule has 0 fully saturated rings. The summed E-state index contributed by atoms with van der Waals surface area (Å²) in [5, 5.41) is 20.6. The number of rotatable bonds is 6. The molecule has 10 heteroatoms. The van der Waals surface area contributed by atoms with Crippen molar-refractivity contribution in [2.75, 3.05) is 19.1 Å². The topological polar surface area (TPSA) is 129 Å². The van der Waals surface area contributed by atoms with Crippen molar-refractivity contribution in [1.29, 1.82) is 0 Å². The SMILES string of the molecule is COc1ccc(C(C[N+](=O)[O-])c2c(NO)n(C)c(=O)n(C)c2=O)cc1. The molecule has 134 valence electrons. The smallest absolute Gasteiger partial charge is 0.332 e. The van der Waals surface area contributed by atoms with E-state index >= 15 is 0 Å². The Bertz CT molecular complexity index is 900. The van der Waals surface area contributed by atoms with E-state index < -0.39 is 28.6 Å². The zero-order chi connectivity index (χ0) is 18.7. The summed E-state index contributed by atoms with van der Waals surface area (Å²) in [5.74, 6) is -0.603. The van der Waals surface area contributed by atoms with Crippen molar-refractivity contribution in [2.45, 2.75) is 5.92 Å². The molecule has 1 atom stereocenters. The van der Waals surface area contributed by atoms with Gasteiger partial charge in [-0.2, -0.15) is 0 Å². The van der Waals surface area contributed by atoms with Crippen LogP contribution in [0.2, 0.25) is 0 Å². The summed E-state index contributed by atoms with van der Waals surface area (Å²) in [6, 6.07) is 6.42. The molecular weight excluding hydrogens is 332 g/mol. The Balaban J connectivity index is 2.76. The van der Waals surface area contributed by atoms with E-state index in [0.717, 1.165) is 9.13 Å². The van der Waals surface area contributed by atoms with Gasteiger partial charge in [-0.05, 0) is 17.7 Å². The molecule has 0 aliphatic carbocycles. The first-order chi connectivity index (χ1) is 11.8. The third kappa shape index (κ3) is 3.38. The van der Waals surface area contributed by atoms with Crippen LogP contribution >= 0.6 is 0 Å². The van der Waals surface area contributed by atoms with E-state index in [4.69, 9.17) is 4.74 Å². The van der Waals surface area contributed by atoms with Crippen molar-refractivity contribution in [3.8, 4) is 5.75 Å². The summed E-state index contributed by atoms with van der Waals surface area (Å²) in [6.07, 6.45) is 0. The lowest BCUT2D eigenvalue weighted by molar-refractivity contribution is -0.481. The highest BCUT2D eigenvalue weighted by Gasteiger charge is 2.29. The van der Waals surface area contributed by atoms with Crippen molar-refractivity contribution in [2.24, 2.45) is 14.1 Å². The number of hydrogen-bond acceptors (Lipinski definition) is 7. The standard InChI is InChI=1S/C15H18N4O6/c1-17-13(16-22)12(14(20)18(2)15(17)21)11(8-19(23)24)9-4-6-10(25-3)7-5-9/h4-7,11,16,22H,8H2,1-3H3. The maximum absolute atomic E-state index is 12.6. The second-order valence-electron chi connectivity index (χ2n) is 5.42. The minimum absolute atomic E-state index is 0.0750. The minimum atomic E-state index is -0.971. The highest BCUT2D eigenvalue weighted by molar-refractivity contribution is 5.48. The molecule has 0 radical (unpaired) electrons. The van der Waals surface area contributed by atoms with E-state index in [0.29, 0.717) is 11.3 Å². The van der Waals surface area contributed by atoms with Crippen LogP contribution in [-0.4, -0.2) is 32.9 Å². The first-order valence-corrected chi connectivity index (χ1v) is 7.27. The molecule has 0 aliphatic rings. The Hall–Kier alpha value is -3.14. The summed E-state index contributed by atoms with van der Waals surface area (Å²) < 4.78 is 6.92. The third-order valence-corrected chi connectivity index (χ3v) is 4.00. The molecular formula is C15H18N4O6. The average molecular weight is 350 g/mol. The van der Waals surface area contributed by atoms with E-state index in [9.17, 15) is 24.9 Å². The van der Waals surface area contributed by atoms with Crippen LogP contribution in [0.1, 0.15) is 17.0 Å². The second kappa shape index (κ2) is 7.18. The summed E-state index contributed by atoms with van der Waals surface area (Å²) >= 11 is 0. The highest BCUT2D eigenvalue weighted by Crippen LogP contribution is 2.28. The second-order valence-corrected chi connectivity index (χ2v) is 5.42. The number of aromatic nitrogens is 2. The lowest BCUT2D eigenvalue weighted by Crippen LogP contribution is -2.41. The largest absolute Gasteiger partial charge is 0.497 e. The van der Waals surface area contributed by atoms with E-state index in [1.54, 1.807) is 24.3 Å². The molecule has 0 aliphatic heterocycles. The van der Waals surface area contributed by atoms with Gasteiger partial charge in [-0.25, -0.2) is 4.79 Å². The number of anilines is 1. The Morgan fingerprint density at radius 3 is 2.32 bits per heavy atom. The number of benzene rings is 1. The maximum atomic E-state index is 12.6. The molecule has 0 saturated heterocycles. The minimum Gasteiger partial charge on any atom is -0.497 e. The fraction of sp³-hybridized carbons (Fsp3) is 0.333. The van der Waals surface area contributed by atoms with Gasteiger partial charge in [0.1, 0.15) is 11.6 Å². The first kappa shape index (κ1) is 18.2. The predicted molar refractivity (Wildman–Crippen MR) is 89.0 cm³/mol. The van der Waals surface area contributed by atoms with Gasteiger partial charge in [0.25, 0.3) is 5.56 Å². The van der Waals surface area contributed by atoms with Crippen LogP contribution in [0.25, 0.3) is 0 Å². The summed E-state index contributed by atoms with van der Waals surface area (Å²) in [4.78, 5) is 35.2. The summed E-state index contributed by atoms with van der Waals surface area (Å²) in [5.41, 5.74) is 0.836. The molecule has 2 aromatic rings. The quantitative estimate of drug-likeness (QED) is 0.566. The Labute approximate surface area is 142 Å². The number of methoxy groups -OCH3 is 1. The number of nitrogens with zero attached hydrogens (tertiary/aromatic N) is 3. The van der Waals surface area contributed by atoms with Gasteiger partial charge in [-0.3, -0.25) is 34.7 Å². The Morgan fingerprint density at radius 2 is 1.84 bits per heavy atom. The molecule has 0 bridgehead atoms. The maximum Gasteiger partial charge on any atom is 0.332 e. The third-order valence-electron chi connectivity index (χ3n) is 4.00. The van der Waals surface area contributed by atoms with E-state index in [-0.39, 0.29) is 11.4 Å². The van der Waals surface area contributed by atoms with Crippen molar-refractivity contribution >= 4 is 5.82 Å². The van der Waals surface area contributed by atoms with E-state index in [1.165, 1.54) is 21.2 Å². The fourth-order valence-electron chi connectivity index (χ4n) is 2.67. The zero-order valence-corrected chi connectivity index (χ0v) is 13.9. The number of ether oxygens (including phenoxy) is 1. The van der Waals surface area contributed by atoms with Crippen molar-refractivity contribution < 1.29 is 14.9 Å². The lowest BCUT2D eigenvalue weighted by Gasteiger charge is -2.19. The van der Waals surface area contributed by atoms with E-state index in [1.807, 2.05) is 5.48 Å². The molecule has 10 nitrogen and oxygen atoms in total. The molecule has 0 spiro atoms. The van der Waals surface area contributed by atoms with Crippen LogP contribution in [0.15, 0.2) is 33.9 Å². The predicted octanol–water partition coefficient (Wildman–Crippen LogP) is 0.302. The first-order valence-electron chi connectivity index (χ1n) is 7.27. The normalized spacial score (nSPS) is 11.8. The molecule has 1 aromatic carbocycles. The average Bonchev–Trinajstić information content (AvgIpc) is 2.61. The molecule has 2 N–H and O–H groups in total. The van der Waals surface area contributed by atoms with Gasteiger partial charge in [0.05, 0.1) is 18.6 Å². The van der Waals surface area contributed by atoms with Crippen molar-refractivity contribution in [3.63, 3.8) is 0 Å². The van der Waals surface area contributed by atoms with Gasteiger partial charge in [0.15, 0.2) is 0 Å². The number of nitro groups is 1. The van der Waals surface area contributed by atoms with Crippen LogP contribution in [0.3, 0.4) is 0 Å². The van der Waals surface area contributed by atoms with Gasteiger partial charge in [0, 0.05) is 19.0 Å². The highest BCUT2D eigenvalue weighted by atomic mass is 16.6. The van der Waals surface area contributed by atoms with Gasteiger partial charge < -0.3 is 4.74 Å². The van der Waals surface area contributed by atoms with Crippen molar-refractivity contribution in [3.05, 3.63) is 66.3 Å². The Morgan fingerprint density at radius 1 is 1.24 bits per heavy atom. The molecule has 25 heavy (non-hydrogen) atoms. The van der Waals surface area contributed by atoms with Gasteiger partial charge in [0.2, 0.25) is 6.54 Å². The summed E-state index contributed by atoms with van der Waals surface area (Å²) in [7, 11) is 4.10. The molecule has 0 saturated carbocycles. The molecule has 1 unspecified atom stereocenters. The van der Waals surface area contributed by atoms with Crippen LogP contribution in [0, 0.1) is 10.1 Å². The van der Waals surface area contributed by atoms with Crippen molar-refractivity contribution in [1.82, 2.24) is 9.13 Å². The number of hydrogen-bond donors (Lipinski definition) is 2. The molecule has 0 amide bonds. The summed E-state index contributed by atoms with van der Waals surface area (Å²) in [6.45, 7) is -0.589. The number of nitrogens with one attached hydrogen (secondary N) is 1. The van der Waals surface area contributed by atoms with Crippen LogP contribution in [-0.2, 0) is 14.1 Å². The van der Waals surface area contributed by atoms with Crippen LogP contribution in [0.4, 0.5) is 5.82 Å². The molecule has 2 rings (SSSR count). The van der Waals surface area contributed by atoms with Crippen LogP contribution < -0.4 is 21.5 Å². The van der Waals surface area contributed by atoms with Gasteiger partial charge in [-0.15, -0.1) is 0 Å².